The van der Waals surface area contributed by atoms with Crippen LogP contribution in [0.5, 0.6) is 34.5 Å². The molecule has 224 valence electrons. The molecule has 4 rings (SSSR count). The van der Waals surface area contributed by atoms with Gasteiger partial charge < -0.3 is 43.7 Å². The van der Waals surface area contributed by atoms with E-state index in [1.165, 1.54) is 54.4 Å². The van der Waals surface area contributed by atoms with E-state index in [1.807, 2.05) is 0 Å². The number of phenolic OH excluding ortho intramolecular Hbond substituents is 2. The Bertz CT molecular complexity index is 1500. The molecule has 0 spiro atoms. The number of ether oxygens (including phenoxy) is 6. The van der Waals surface area contributed by atoms with E-state index >= 15 is 0 Å². The molecule has 3 N–H and O–H groups in total. The van der Waals surface area contributed by atoms with Crippen LogP contribution < -0.4 is 18.9 Å². The van der Waals surface area contributed by atoms with Crippen LogP contribution in [0.4, 0.5) is 0 Å². The molecule has 0 aliphatic heterocycles. The first-order chi connectivity index (χ1) is 19.9. The van der Waals surface area contributed by atoms with E-state index in [4.69, 9.17) is 28.4 Å². The third kappa shape index (κ3) is 5.00. The van der Waals surface area contributed by atoms with Gasteiger partial charge in [0.05, 0.1) is 34.0 Å². The smallest absolute Gasteiger partial charge is 0.338 e. The lowest BCUT2D eigenvalue weighted by Gasteiger charge is -2.43. The predicted octanol–water partition coefficient (Wildman–Crippen LogP) is 4.70. The lowest BCUT2D eigenvalue weighted by molar-refractivity contribution is -0.166. The average molecular weight is 583 g/mol. The monoisotopic (exact) mass is 582 g/mol. The maximum Gasteiger partial charge on any atom is 0.338 e. The molecular weight excluding hydrogens is 548 g/mol. The normalized spacial score (nSPS) is 21.1. The highest BCUT2D eigenvalue weighted by Gasteiger charge is 2.51. The number of aromatic hydroxyl groups is 2. The van der Waals surface area contributed by atoms with Crippen LogP contribution in [-0.2, 0) is 14.3 Å². The van der Waals surface area contributed by atoms with Crippen molar-refractivity contribution in [2.24, 2.45) is 5.92 Å². The van der Waals surface area contributed by atoms with Gasteiger partial charge in [-0.3, -0.25) is 4.79 Å². The standard InChI is InChI=1S/C31H34O11/c1-15-26(41-16(2)32)18-13-20(37-4)27(39-6)24(33)22(18)23-19(14-21(38-5)28(40-7)25(23)34)29(31(15,3)36)42-30(35)17-11-9-8-10-12-17/h8-15,26,29,33-34,36H,1-7H3/t15-,26+,29-,31-/m0/s1. The number of phenols is 2. The number of carbonyl (C=O) groups excluding carboxylic acids is 2. The van der Waals surface area contributed by atoms with Gasteiger partial charge in [-0.15, -0.1) is 0 Å². The number of aliphatic hydroxyl groups is 1. The largest absolute Gasteiger partial charge is 0.504 e. The molecule has 0 bridgehead atoms. The molecule has 0 aromatic heterocycles. The van der Waals surface area contributed by atoms with Crippen molar-refractivity contribution < 1.29 is 53.3 Å². The number of fused-ring (bicyclic) bond motifs is 3. The van der Waals surface area contributed by atoms with E-state index in [2.05, 4.69) is 0 Å². The highest BCUT2D eigenvalue weighted by molar-refractivity contribution is 5.91. The van der Waals surface area contributed by atoms with Gasteiger partial charge in [0.1, 0.15) is 11.7 Å². The number of hydrogen-bond acceptors (Lipinski definition) is 11. The molecule has 0 amide bonds. The molecule has 3 aromatic carbocycles. The highest BCUT2D eigenvalue weighted by Crippen LogP contribution is 2.60. The number of benzene rings is 3. The molecule has 0 unspecified atom stereocenters. The minimum Gasteiger partial charge on any atom is -0.504 e. The minimum absolute atomic E-state index is 0.0181. The van der Waals surface area contributed by atoms with Crippen molar-refractivity contribution in [2.75, 3.05) is 28.4 Å². The van der Waals surface area contributed by atoms with Crippen molar-refractivity contribution in [3.63, 3.8) is 0 Å². The molecule has 1 aliphatic rings. The van der Waals surface area contributed by atoms with Crippen LogP contribution in [-0.4, -0.2) is 61.3 Å². The number of hydrogen-bond donors (Lipinski definition) is 3. The summed E-state index contributed by atoms with van der Waals surface area (Å²) in [6.07, 6.45) is -2.71. The average Bonchev–Trinajstić information content (AvgIpc) is 2.97. The molecule has 11 nitrogen and oxygen atoms in total. The predicted molar refractivity (Wildman–Crippen MR) is 150 cm³/mol. The second kappa shape index (κ2) is 11.7. The molecule has 4 atom stereocenters. The van der Waals surface area contributed by atoms with Crippen molar-refractivity contribution in [2.45, 2.75) is 38.6 Å². The molecule has 0 saturated carbocycles. The first-order valence-corrected chi connectivity index (χ1v) is 13.0. The van der Waals surface area contributed by atoms with Crippen LogP contribution in [0, 0.1) is 5.92 Å². The number of esters is 2. The van der Waals surface area contributed by atoms with Gasteiger partial charge in [0.25, 0.3) is 0 Å². The van der Waals surface area contributed by atoms with Gasteiger partial charge >= 0.3 is 11.9 Å². The van der Waals surface area contributed by atoms with Crippen molar-refractivity contribution in [1.29, 1.82) is 0 Å². The first kappa shape index (κ1) is 30.3. The van der Waals surface area contributed by atoms with Gasteiger partial charge in [-0.2, -0.15) is 0 Å². The lowest BCUT2D eigenvalue weighted by Crippen LogP contribution is -2.46. The van der Waals surface area contributed by atoms with Crippen LogP contribution in [0.3, 0.4) is 0 Å². The molecule has 3 aromatic rings. The Balaban J connectivity index is 2.18. The van der Waals surface area contributed by atoms with Crippen LogP contribution in [0.2, 0.25) is 0 Å². The molecular formula is C31H34O11. The van der Waals surface area contributed by atoms with Crippen molar-refractivity contribution in [3.05, 3.63) is 59.2 Å². The summed E-state index contributed by atoms with van der Waals surface area (Å²) in [5.41, 5.74) is -1.56. The van der Waals surface area contributed by atoms with E-state index in [9.17, 15) is 24.9 Å². The van der Waals surface area contributed by atoms with Gasteiger partial charge in [0.15, 0.2) is 29.1 Å². The second-order valence-corrected chi connectivity index (χ2v) is 10.0. The lowest BCUT2D eigenvalue weighted by atomic mass is 9.71. The number of rotatable bonds is 7. The maximum absolute atomic E-state index is 13.4. The maximum atomic E-state index is 13.4. The summed E-state index contributed by atoms with van der Waals surface area (Å²) in [4.78, 5) is 25.8. The van der Waals surface area contributed by atoms with Crippen LogP contribution in [0.25, 0.3) is 11.1 Å². The quantitative estimate of drug-likeness (QED) is 0.333. The zero-order valence-corrected chi connectivity index (χ0v) is 24.4. The third-order valence-corrected chi connectivity index (χ3v) is 7.62. The van der Waals surface area contributed by atoms with Crippen molar-refractivity contribution in [3.8, 4) is 45.6 Å². The second-order valence-electron chi connectivity index (χ2n) is 10.0. The van der Waals surface area contributed by atoms with Gasteiger partial charge in [-0.25, -0.2) is 4.79 Å². The minimum atomic E-state index is -1.94. The third-order valence-electron chi connectivity index (χ3n) is 7.62. The zero-order chi connectivity index (χ0) is 30.9. The van der Waals surface area contributed by atoms with Gasteiger partial charge in [0, 0.05) is 35.1 Å². The zero-order valence-electron chi connectivity index (χ0n) is 24.4. The summed E-state index contributed by atoms with van der Waals surface area (Å²) >= 11 is 0. The van der Waals surface area contributed by atoms with E-state index < -0.39 is 47.2 Å². The first-order valence-electron chi connectivity index (χ1n) is 13.0. The van der Waals surface area contributed by atoms with E-state index in [1.54, 1.807) is 37.3 Å². The summed E-state index contributed by atoms with van der Waals surface area (Å²) in [6.45, 7) is 4.24. The van der Waals surface area contributed by atoms with Gasteiger partial charge in [-0.05, 0) is 31.2 Å². The molecule has 42 heavy (non-hydrogen) atoms. The molecule has 11 heteroatoms. The molecule has 1 aliphatic carbocycles. The molecule has 0 fully saturated rings. The van der Waals surface area contributed by atoms with E-state index in [0.29, 0.717) is 0 Å². The van der Waals surface area contributed by atoms with Crippen molar-refractivity contribution in [1.82, 2.24) is 0 Å². The Morgan fingerprint density at radius 3 is 1.76 bits per heavy atom. The number of carbonyl (C=O) groups is 2. The summed E-state index contributed by atoms with van der Waals surface area (Å²) in [7, 11) is 5.36. The van der Waals surface area contributed by atoms with E-state index in [0.717, 1.165) is 0 Å². The molecule has 0 radical (unpaired) electrons. The van der Waals surface area contributed by atoms with E-state index in [-0.39, 0.29) is 50.8 Å². The van der Waals surface area contributed by atoms with Crippen molar-refractivity contribution >= 4 is 11.9 Å². The fourth-order valence-electron chi connectivity index (χ4n) is 5.35. The Morgan fingerprint density at radius 1 is 0.786 bits per heavy atom. The fraction of sp³-hybridized carbons (Fsp3) is 0.355. The summed E-state index contributed by atoms with van der Waals surface area (Å²) in [6, 6.07) is 11.1. The SMILES string of the molecule is COc1cc2c(c(O)c1OC)-c1c(cc(OC)c(OC)c1O)[C@H](OC(=O)c1ccccc1)[C@@](C)(O)[C@@H](C)[C@H]2OC(C)=O. The van der Waals surface area contributed by atoms with Crippen LogP contribution in [0.15, 0.2) is 42.5 Å². The highest BCUT2D eigenvalue weighted by atomic mass is 16.6. The summed E-state index contributed by atoms with van der Waals surface area (Å²) in [5, 5.41) is 35.5. The Labute approximate surface area is 243 Å². The molecule has 0 saturated heterocycles. The Morgan fingerprint density at radius 2 is 1.29 bits per heavy atom. The van der Waals surface area contributed by atoms with Gasteiger partial charge in [0.2, 0.25) is 11.5 Å². The summed E-state index contributed by atoms with van der Waals surface area (Å²) in [5.74, 6) is -3.37. The Kier molecular flexibility index (Phi) is 8.44. The van der Waals surface area contributed by atoms with Crippen LogP contribution in [0.1, 0.15) is 54.5 Å². The fourth-order valence-corrected chi connectivity index (χ4v) is 5.35. The van der Waals surface area contributed by atoms with Gasteiger partial charge in [-0.1, -0.05) is 25.1 Å². The Hall–Kier alpha value is -4.64. The van der Waals surface area contributed by atoms with Crippen LogP contribution >= 0.6 is 0 Å². The summed E-state index contributed by atoms with van der Waals surface area (Å²) < 4.78 is 33.5. The topological polar surface area (TPSA) is 150 Å². The number of methoxy groups -OCH3 is 4. The molecule has 0 heterocycles.